The van der Waals surface area contributed by atoms with Crippen LogP contribution in [0.5, 0.6) is 0 Å². The quantitative estimate of drug-likeness (QED) is 0.561. The molecule has 1 aliphatic rings. The monoisotopic (exact) mass is 408 g/mol. The number of amides is 1. The van der Waals surface area contributed by atoms with Gasteiger partial charge in [0.15, 0.2) is 5.69 Å². The standard InChI is InChI=1S/C21H27F3N4O/c1-27(15-21(22,23)24)14-8-13-25-20(29)19-17-11-6-3-7-12-18(17)28(26-19)16-9-4-2-5-10-16/h2,4-5,9-10H,3,6-8,11-15H2,1H3,(H,25,29). The zero-order valence-corrected chi connectivity index (χ0v) is 16.6. The van der Waals surface area contributed by atoms with Gasteiger partial charge in [0.25, 0.3) is 5.91 Å². The molecule has 1 aromatic heterocycles. The number of carbonyl (C=O) groups is 1. The van der Waals surface area contributed by atoms with Gasteiger partial charge in [-0.2, -0.15) is 18.3 Å². The van der Waals surface area contributed by atoms with Crippen LogP contribution in [0.1, 0.15) is 47.4 Å². The Bertz CT molecular complexity index is 817. The van der Waals surface area contributed by atoms with Crippen molar-refractivity contribution >= 4 is 5.91 Å². The van der Waals surface area contributed by atoms with Crippen molar-refractivity contribution in [3.8, 4) is 5.69 Å². The van der Waals surface area contributed by atoms with Crippen molar-refractivity contribution < 1.29 is 18.0 Å². The highest BCUT2D eigenvalue weighted by molar-refractivity contribution is 5.94. The van der Waals surface area contributed by atoms with Gasteiger partial charge in [-0.05, 0) is 57.8 Å². The van der Waals surface area contributed by atoms with Gasteiger partial charge in [-0.25, -0.2) is 4.68 Å². The summed E-state index contributed by atoms with van der Waals surface area (Å²) in [6.45, 7) is -0.375. The van der Waals surface area contributed by atoms with Crippen LogP contribution in [0, 0.1) is 0 Å². The van der Waals surface area contributed by atoms with E-state index in [4.69, 9.17) is 0 Å². The van der Waals surface area contributed by atoms with E-state index in [1.165, 1.54) is 11.9 Å². The average molecular weight is 408 g/mol. The van der Waals surface area contributed by atoms with E-state index in [1.807, 2.05) is 35.0 Å². The second-order valence-electron chi connectivity index (χ2n) is 7.54. The molecule has 0 unspecified atom stereocenters. The molecule has 158 valence electrons. The normalized spacial score (nSPS) is 14.5. The minimum Gasteiger partial charge on any atom is -0.351 e. The molecule has 0 saturated carbocycles. The maximum absolute atomic E-state index is 12.8. The molecule has 0 fully saturated rings. The number of para-hydroxylation sites is 1. The summed E-state index contributed by atoms with van der Waals surface area (Å²) in [6, 6.07) is 9.76. The van der Waals surface area contributed by atoms with Crippen LogP contribution in [-0.4, -0.2) is 53.4 Å². The van der Waals surface area contributed by atoms with Crippen molar-refractivity contribution in [1.82, 2.24) is 20.0 Å². The number of nitrogens with one attached hydrogen (secondary N) is 1. The molecule has 1 heterocycles. The Labute approximate surface area is 168 Å². The molecule has 0 aliphatic heterocycles. The fourth-order valence-corrected chi connectivity index (χ4v) is 3.76. The lowest BCUT2D eigenvalue weighted by molar-refractivity contribution is -0.143. The zero-order chi connectivity index (χ0) is 20.9. The van der Waals surface area contributed by atoms with Gasteiger partial charge in [-0.1, -0.05) is 24.6 Å². The summed E-state index contributed by atoms with van der Waals surface area (Å²) >= 11 is 0. The number of hydrogen-bond acceptors (Lipinski definition) is 3. The van der Waals surface area contributed by atoms with Crippen LogP contribution in [0.25, 0.3) is 5.69 Å². The minimum absolute atomic E-state index is 0.253. The molecule has 0 bridgehead atoms. The van der Waals surface area contributed by atoms with Crippen molar-refractivity contribution in [2.45, 2.75) is 44.7 Å². The molecule has 1 aliphatic carbocycles. The lowest BCUT2D eigenvalue weighted by Crippen LogP contribution is -2.34. The second kappa shape index (κ2) is 9.43. The van der Waals surface area contributed by atoms with E-state index in [0.717, 1.165) is 49.0 Å². The molecule has 1 N–H and O–H groups in total. The first-order valence-corrected chi connectivity index (χ1v) is 10.0. The van der Waals surface area contributed by atoms with Crippen molar-refractivity contribution in [2.24, 2.45) is 0 Å². The number of carbonyl (C=O) groups excluding carboxylic acids is 1. The van der Waals surface area contributed by atoms with Crippen molar-refractivity contribution in [2.75, 3.05) is 26.7 Å². The van der Waals surface area contributed by atoms with E-state index in [0.29, 0.717) is 18.7 Å². The van der Waals surface area contributed by atoms with E-state index < -0.39 is 12.7 Å². The number of hydrogen-bond donors (Lipinski definition) is 1. The average Bonchev–Trinajstić information content (AvgIpc) is 2.86. The summed E-state index contributed by atoms with van der Waals surface area (Å²) < 4.78 is 39.0. The van der Waals surface area contributed by atoms with Gasteiger partial charge in [0.1, 0.15) is 0 Å². The third kappa shape index (κ3) is 5.82. The summed E-state index contributed by atoms with van der Waals surface area (Å²) in [5, 5.41) is 7.44. The van der Waals surface area contributed by atoms with E-state index in [-0.39, 0.29) is 12.5 Å². The van der Waals surface area contributed by atoms with Gasteiger partial charge < -0.3 is 5.32 Å². The van der Waals surface area contributed by atoms with E-state index >= 15 is 0 Å². The molecule has 0 saturated heterocycles. The maximum atomic E-state index is 12.8. The SMILES string of the molecule is CN(CCCNC(=O)c1nn(-c2ccccc2)c2c1CCCCC2)CC(F)(F)F. The van der Waals surface area contributed by atoms with Crippen molar-refractivity contribution in [3.63, 3.8) is 0 Å². The molecule has 29 heavy (non-hydrogen) atoms. The van der Waals surface area contributed by atoms with Crippen LogP contribution >= 0.6 is 0 Å². The Morgan fingerprint density at radius 1 is 1.17 bits per heavy atom. The third-order valence-corrected chi connectivity index (χ3v) is 5.10. The Kier molecular flexibility index (Phi) is 6.95. The highest BCUT2D eigenvalue weighted by atomic mass is 19.4. The van der Waals surface area contributed by atoms with E-state index in [1.54, 1.807) is 0 Å². The predicted molar refractivity (Wildman–Crippen MR) is 105 cm³/mol. The number of benzene rings is 1. The van der Waals surface area contributed by atoms with Gasteiger partial charge in [0, 0.05) is 17.8 Å². The number of nitrogens with zero attached hydrogens (tertiary/aromatic N) is 3. The molecule has 0 atom stereocenters. The largest absolute Gasteiger partial charge is 0.401 e. The van der Waals surface area contributed by atoms with Crippen LogP contribution in [0.15, 0.2) is 30.3 Å². The molecule has 0 radical (unpaired) electrons. The lowest BCUT2D eigenvalue weighted by atomic mass is 10.1. The zero-order valence-electron chi connectivity index (χ0n) is 16.6. The first kappa shape index (κ1) is 21.4. The fourth-order valence-electron chi connectivity index (χ4n) is 3.76. The molecule has 1 aromatic carbocycles. The van der Waals surface area contributed by atoms with Gasteiger partial charge in [-0.3, -0.25) is 9.69 Å². The number of rotatable bonds is 7. The van der Waals surface area contributed by atoms with Gasteiger partial charge in [0.05, 0.1) is 12.2 Å². The molecular weight excluding hydrogens is 381 g/mol. The Hall–Kier alpha value is -2.35. The topological polar surface area (TPSA) is 50.2 Å². The van der Waals surface area contributed by atoms with E-state index in [9.17, 15) is 18.0 Å². The number of aromatic nitrogens is 2. The maximum Gasteiger partial charge on any atom is 0.401 e. The van der Waals surface area contributed by atoms with Gasteiger partial charge >= 0.3 is 6.18 Å². The van der Waals surface area contributed by atoms with Crippen LogP contribution < -0.4 is 5.32 Å². The smallest absolute Gasteiger partial charge is 0.351 e. The summed E-state index contributed by atoms with van der Waals surface area (Å²) in [4.78, 5) is 14.0. The summed E-state index contributed by atoms with van der Waals surface area (Å²) in [5.74, 6) is -0.253. The summed E-state index contributed by atoms with van der Waals surface area (Å²) in [5.41, 5.74) is 3.45. The first-order valence-electron chi connectivity index (χ1n) is 10.0. The highest BCUT2D eigenvalue weighted by Crippen LogP contribution is 2.26. The fraction of sp³-hybridized carbons (Fsp3) is 0.524. The van der Waals surface area contributed by atoms with Crippen molar-refractivity contribution in [3.05, 3.63) is 47.3 Å². The Morgan fingerprint density at radius 2 is 1.90 bits per heavy atom. The minimum atomic E-state index is -4.21. The van der Waals surface area contributed by atoms with E-state index in [2.05, 4.69) is 10.4 Å². The molecule has 8 heteroatoms. The van der Waals surface area contributed by atoms with Crippen molar-refractivity contribution in [1.29, 1.82) is 0 Å². The summed E-state index contributed by atoms with van der Waals surface area (Å²) in [7, 11) is 1.43. The predicted octanol–water partition coefficient (Wildman–Crippen LogP) is 3.76. The molecular formula is C21H27F3N4O. The number of fused-ring (bicyclic) bond motifs is 1. The van der Waals surface area contributed by atoms with Crippen LogP contribution in [0.3, 0.4) is 0 Å². The van der Waals surface area contributed by atoms with Gasteiger partial charge in [0.2, 0.25) is 0 Å². The first-order chi connectivity index (χ1) is 13.8. The van der Waals surface area contributed by atoms with Gasteiger partial charge in [-0.15, -0.1) is 0 Å². The molecule has 1 amide bonds. The number of halogens is 3. The Balaban J connectivity index is 1.67. The molecule has 2 aromatic rings. The Morgan fingerprint density at radius 3 is 2.62 bits per heavy atom. The molecule has 0 spiro atoms. The van der Waals surface area contributed by atoms with Crippen LogP contribution in [0.4, 0.5) is 13.2 Å². The molecule has 3 rings (SSSR count). The summed E-state index contributed by atoms with van der Waals surface area (Å²) in [6.07, 6.45) is 1.15. The highest BCUT2D eigenvalue weighted by Gasteiger charge is 2.29. The lowest BCUT2D eigenvalue weighted by Gasteiger charge is -2.18. The van der Waals surface area contributed by atoms with Crippen LogP contribution in [0.2, 0.25) is 0 Å². The number of alkyl halides is 3. The second-order valence-corrected chi connectivity index (χ2v) is 7.54. The molecule has 5 nitrogen and oxygen atoms in total. The third-order valence-electron chi connectivity index (χ3n) is 5.10. The van der Waals surface area contributed by atoms with Crippen LogP contribution in [-0.2, 0) is 12.8 Å².